The van der Waals surface area contributed by atoms with Crippen molar-refractivity contribution in [3.8, 4) is 0 Å². The molecule has 1 aliphatic heterocycles. The average molecular weight is 235 g/mol. The highest BCUT2D eigenvalue weighted by Gasteiger charge is 2.31. The molecule has 1 N–H and O–H groups in total. The van der Waals surface area contributed by atoms with Gasteiger partial charge in [0.15, 0.2) is 0 Å². The number of nitrogens with one attached hydrogen (secondary N) is 1. The van der Waals surface area contributed by atoms with Crippen LogP contribution in [0.15, 0.2) is 60.2 Å². The van der Waals surface area contributed by atoms with Gasteiger partial charge in [0.2, 0.25) is 0 Å². The van der Waals surface area contributed by atoms with E-state index in [-0.39, 0.29) is 5.54 Å². The Labute approximate surface area is 108 Å². The van der Waals surface area contributed by atoms with E-state index in [9.17, 15) is 0 Å². The van der Waals surface area contributed by atoms with Crippen LogP contribution in [0.25, 0.3) is 6.08 Å². The van der Waals surface area contributed by atoms with E-state index in [0.29, 0.717) is 0 Å². The molecule has 0 spiro atoms. The lowest BCUT2D eigenvalue weighted by molar-refractivity contribution is 0.642. The summed E-state index contributed by atoms with van der Waals surface area (Å²) < 4.78 is 0. The van der Waals surface area contributed by atoms with Crippen LogP contribution < -0.4 is 5.32 Å². The molecule has 0 saturated heterocycles. The summed E-state index contributed by atoms with van der Waals surface area (Å²) in [5.74, 6) is 0. The number of para-hydroxylation sites is 1. The van der Waals surface area contributed by atoms with E-state index < -0.39 is 0 Å². The van der Waals surface area contributed by atoms with Gasteiger partial charge in [0.05, 0.1) is 5.54 Å². The molecule has 0 radical (unpaired) electrons. The summed E-state index contributed by atoms with van der Waals surface area (Å²) in [6.45, 7) is 4.43. The molecule has 18 heavy (non-hydrogen) atoms. The number of fused-ring (bicyclic) bond motifs is 1. The maximum atomic E-state index is 3.67. The number of anilines is 1. The van der Waals surface area contributed by atoms with Crippen molar-refractivity contribution in [2.75, 3.05) is 5.32 Å². The second kappa shape index (κ2) is 4.02. The maximum absolute atomic E-state index is 3.67. The smallest absolute Gasteiger partial charge is 0.0811 e. The van der Waals surface area contributed by atoms with Crippen LogP contribution in [0.3, 0.4) is 0 Å². The van der Waals surface area contributed by atoms with Crippen molar-refractivity contribution in [1.82, 2.24) is 0 Å². The molecule has 0 aliphatic carbocycles. The van der Waals surface area contributed by atoms with Crippen LogP contribution in [0.4, 0.5) is 5.69 Å². The molecular formula is C17H17N. The van der Waals surface area contributed by atoms with Crippen LogP contribution in [0.5, 0.6) is 0 Å². The average Bonchev–Trinajstić information content (AvgIpc) is 2.41. The molecule has 3 rings (SSSR count). The molecule has 1 atom stereocenters. The molecule has 2 aromatic carbocycles. The first kappa shape index (κ1) is 11.1. The third kappa shape index (κ3) is 1.63. The molecule has 0 fully saturated rings. The van der Waals surface area contributed by atoms with Crippen LogP contribution in [-0.4, -0.2) is 0 Å². The molecule has 0 saturated carbocycles. The predicted octanol–water partition coefficient (Wildman–Crippen LogP) is 4.43. The highest BCUT2D eigenvalue weighted by Crippen LogP contribution is 2.39. The summed E-state index contributed by atoms with van der Waals surface area (Å²) >= 11 is 0. The Hall–Kier alpha value is -2.02. The molecule has 1 heteroatoms. The first-order chi connectivity index (χ1) is 8.70. The van der Waals surface area contributed by atoms with Gasteiger partial charge in [-0.25, -0.2) is 0 Å². The van der Waals surface area contributed by atoms with E-state index in [1.54, 1.807) is 0 Å². The van der Waals surface area contributed by atoms with E-state index in [2.05, 4.69) is 79.8 Å². The van der Waals surface area contributed by atoms with Crippen molar-refractivity contribution in [2.24, 2.45) is 0 Å². The van der Waals surface area contributed by atoms with Crippen LogP contribution >= 0.6 is 0 Å². The molecule has 1 aliphatic rings. The zero-order valence-corrected chi connectivity index (χ0v) is 10.8. The lowest BCUT2D eigenvalue weighted by atomic mass is 9.81. The number of rotatable bonds is 1. The molecule has 2 aromatic rings. The lowest BCUT2D eigenvalue weighted by Gasteiger charge is -2.37. The van der Waals surface area contributed by atoms with Gasteiger partial charge in [-0.15, -0.1) is 0 Å². The first-order valence-corrected chi connectivity index (χ1v) is 6.32. The quantitative estimate of drug-likeness (QED) is 0.771. The minimum absolute atomic E-state index is 0.115. The van der Waals surface area contributed by atoms with Gasteiger partial charge in [0.1, 0.15) is 0 Å². The fraction of sp³-hybridized carbons (Fsp3) is 0.176. The van der Waals surface area contributed by atoms with Gasteiger partial charge in [-0.1, -0.05) is 54.6 Å². The van der Waals surface area contributed by atoms with Crippen molar-refractivity contribution in [3.05, 3.63) is 71.3 Å². The number of benzene rings is 2. The number of hydrogen-bond donors (Lipinski definition) is 1. The lowest BCUT2D eigenvalue weighted by Crippen LogP contribution is -2.35. The van der Waals surface area contributed by atoms with E-state index in [0.717, 1.165) is 0 Å². The summed E-state index contributed by atoms with van der Waals surface area (Å²) in [6.07, 6.45) is 2.28. The van der Waals surface area contributed by atoms with Gasteiger partial charge in [-0.05, 0) is 36.6 Å². The normalized spacial score (nSPS) is 21.8. The molecule has 0 bridgehead atoms. The minimum Gasteiger partial charge on any atom is -0.372 e. The van der Waals surface area contributed by atoms with Crippen LogP contribution in [0.2, 0.25) is 0 Å². The first-order valence-electron chi connectivity index (χ1n) is 6.32. The number of hydrogen-bond acceptors (Lipinski definition) is 1. The molecular weight excluding hydrogens is 218 g/mol. The van der Waals surface area contributed by atoms with Crippen LogP contribution in [-0.2, 0) is 5.54 Å². The van der Waals surface area contributed by atoms with Crippen molar-refractivity contribution >= 4 is 11.8 Å². The van der Waals surface area contributed by atoms with Gasteiger partial charge >= 0.3 is 0 Å². The molecule has 0 aromatic heterocycles. The standard InChI is InChI=1S/C17H17N/c1-13-12-14-8-6-7-11-16(14)18-17(13,2)15-9-4-3-5-10-15/h3-12,18H,1-2H3/t17-/m1/s1. The molecule has 0 amide bonds. The van der Waals surface area contributed by atoms with Crippen molar-refractivity contribution < 1.29 is 0 Å². The fourth-order valence-corrected chi connectivity index (χ4v) is 2.55. The zero-order valence-electron chi connectivity index (χ0n) is 10.8. The molecule has 1 heterocycles. The fourth-order valence-electron chi connectivity index (χ4n) is 2.55. The van der Waals surface area contributed by atoms with Gasteiger partial charge in [-0.3, -0.25) is 0 Å². The van der Waals surface area contributed by atoms with Gasteiger partial charge in [0.25, 0.3) is 0 Å². The third-order valence-electron chi connectivity index (χ3n) is 3.86. The van der Waals surface area contributed by atoms with Crippen molar-refractivity contribution in [1.29, 1.82) is 0 Å². The Bertz CT molecular complexity index is 598. The van der Waals surface area contributed by atoms with Gasteiger partial charge in [0, 0.05) is 5.69 Å². The summed E-state index contributed by atoms with van der Waals surface area (Å²) in [4.78, 5) is 0. The van der Waals surface area contributed by atoms with E-state index in [4.69, 9.17) is 0 Å². The second-order valence-electron chi connectivity index (χ2n) is 5.03. The Morgan fingerprint density at radius 1 is 0.889 bits per heavy atom. The molecule has 0 unspecified atom stereocenters. The maximum Gasteiger partial charge on any atom is 0.0811 e. The highest BCUT2D eigenvalue weighted by molar-refractivity contribution is 5.75. The Morgan fingerprint density at radius 2 is 1.56 bits per heavy atom. The third-order valence-corrected chi connectivity index (χ3v) is 3.86. The summed E-state index contributed by atoms with van der Waals surface area (Å²) in [7, 11) is 0. The van der Waals surface area contributed by atoms with Crippen molar-refractivity contribution in [2.45, 2.75) is 19.4 Å². The molecule has 90 valence electrons. The zero-order chi connectivity index (χ0) is 12.6. The largest absolute Gasteiger partial charge is 0.372 e. The Balaban J connectivity index is 2.12. The second-order valence-corrected chi connectivity index (χ2v) is 5.03. The van der Waals surface area contributed by atoms with Gasteiger partial charge < -0.3 is 5.32 Å². The van der Waals surface area contributed by atoms with E-state index >= 15 is 0 Å². The summed E-state index contributed by atoms with van der Waals surface area (Å²) in [5.41, 5.74) is 4.99. The van der Waals surface area contributed by atoms with E-state index in [1.807, 2.05) is 0 Å². The summed E-state index contributed by atoms with van der Waals surface area (Å²) in [5, 5.41) is 3.67. The van der Waals surface area contributed by atoms with Crippen LogP contribution in [0, 0.1) is 0 Å². The topological polar surface area (TPSA) is 12.0 Å². The van der Waals surface area contributed by atoms with Gasteiger partial charge in [-0.2, -0.15) is 0 Å². The van der Waals surface area contributed by atoms with Crippen LogP contribution in [0.1, 0.15) is 25.0 Å². The highest BCUT2D eigenvalue weighted by atomic mass is 15.0. The van der Waals surface area contributed by atoms with Crippen molar-refractivity contribution in [3.63, 3.8) is 0 Å². The SMILES string of the molecule is CC1=Cc2ccccc2N[C@@]1(C)c1ccccc1. The minimum atomic E-state index is -0.115. The summed E-state index contributed by atoms with van der Waals surface area (Å²) in [6, 6.07) is 19.0. The Kier molecular flexibility index (Phi) is 2.48. The monoisotopic (exact) mass is 235 g/mol. The molecule has 1 nitrogen and oxygen atoms in total. The Morgan fingerprint density at radius 3 is 2.33 bits per heavy atom. The predicted molar refractivity (Wildman–Crippen MR) is 77.5 cm³/mol. The van der Waals surface area contributed by atoms with E-state index in [1.165, 1.54) is 22.4 Å².